The summed E-state index contributed by atoms with van der Waals surface area (Å²) in [7, 11) is 0. The number of halogens is 1. The highest BCUT2D eigenvalue weighted by atomic mass is 35.5. The second kappa shape index (κ2) is 14.1. The number of hydrogen-bond acceptors (Lipinski definition) is 6. The van der Waals surface area contributed by atoms with E-state index in [1.165, 1.54) is 5.56 Å². The van der Waals surface area contributed by atoms with Gasteiger partial charge in [0.1, 0.15) is 11.6 Å². The summed E-state index contributed by atoms with van der Waals surface area (Å²) < 4.78 is 7.66. The SMILES string of the molecule is O=C(NC(Cc1ccc(Cl)cc1)C(=O)N1CCC(c2ccccc2CN2CCCC2=O)CC1)c1cc(=O)c2cc(-n3ccnc3)ccc2o1. The van der Waals surface area contributed by atoms with Crippen LogP contribution in [-0.2, 0) is 22.6 Å². The topological polar surface area (TPSA) is 118 Å². The summed E-state index contributed by atoms with van der Waals surface area (Å²) in [5.41, 5.74) is 3.84. The van der Waals surface area contributed by atoms with Gasteiger partial charge in [0.05, 0.1) is 11.7 Å². The van der Waals surface area contributed by atoms with Crippen molar-refractivity contribution < 1.29 is 18.8 Å². The van der Waals surface area contributed by atoms with Gasteiger partial charge in [-0.25, -0.2) is 4.98 Å². The van der Waals surface area contributed by atoms with Gasteiger partial charge in [-0.15, -0.1) is 0 Å². The maximum Gasteiger partial charge on any atom is 0.287 e. The molecular weight excluding hydrogens is 642 g/mol. The van der Waals surface area contributed by atoms with Gasteiger partial charge in [-0.2, -0.15) is 0 Å². The molecule has 5 aromatic rings. The van der Waals surface area contributed by atoms with Gasteiger partial charge in [-0.1, -0.05) is 48.0 Å². The molecule has 11 heteroatoms. The predicted octanol–water partition coefficient (Wildman–Crippen LogP) is 5.50. The minimum absolute atomic E-state index is 0.173. The first-order valence-corrected chi connectivity index (χ1v) is 17.0. The highest BCUT2D eigenvalue weighted by Crippen LogP contribution is 2.32. The molecule has 2 saturated heterocycles. The van der Waals surface area contributed by atoms with Gasteiger partial charge in [0.2, 0.25) is 11.8 Å². The standard InChI is InChI=1S/C38H36ClN5O5/c39-28-9-7-25(8-10-28)20-32(41-37(47)35-22-33(45)31-21-29(11-12-34(31)49-35)44-19-15-40-24-44)38(48)42-17-13-26(14-18-42)30-5-2-1-4-27(30)23-43-16-3-6-36(43)46/h1-2,4-5,7-12,15,19,21-22,24,26,32H,3,6,13-14,16-18,20,23H2,(H,41,47). The lowest BCUT2D eigenvalue weighted by atomic mass is 9.86. The van der Waals surface area contributed by atoms with Gasteiger partial charge in [0, 0.05) is 68.2 Å². The smallest absolute Gasteiger partial charge is 0.287 e. The molecule has 2 aromatic heterocycles. The van der Waals surface area contributed by atoms with Crippen molar-refractivity contribution >= 4 is 40.3 Å². The second-order valence-electron chi connectivity index (χ2n) is 12.7. The molecule has 0 radical (unpaired) electrons. The van der Waals surface area contributed by atoms with Crippen LogP contribution in [0.25, 0.3) is 16.7 Å². The number of imidazole rings is 1. The lowest BCUT2D eigenvalue weighted by Gasteiger charge is -2.35. The maximum absolute atomic E-state index is 14.1. The molecule has 1 atom stereocenters. The van der Waals surface area contributed by atoms with E-state index in [0.29, 0.717) is 36.5 Å². The molecule has 3 amide bonds. The van der Waals surface area contributed by atoms with Crippen molar-refractivity contribution in [2.45, 2.75) is 50.6 Å². The Hall–Kier alpha value is -5.22. The largest absolute Gasteiger partial charge is 0.451 e. The number of likely N-dealkylation sites (tertiary alicyclic amines) is 2. The first-order valence-electron chi connectivity index (χ1n) is 16.6. The summed E-state index contributed by atoms with van der Waals surface area (Å²) in [6.45, 7) is 2.45. The van der Waals surface area contributed by atoms with Crippen molar-refractivity contribution in [2.24, 2.45) is 0 Å². The van der Waals surface area contributed by atoms with Crippen LogP contribution in [0.4, 0.5) is 0 Å². The fraction of sp³-hybridized carbons (Fsp3) is 0.289. The van der Waals surface area contributed by atoms with E-state index in [0.717, 1.165) is 48.7 Å². The molecule has 7 rings (SSSR count). The van der Waals surface area contributed by atoms with E-state index < -0.39 is 11.9 Å². The Kier molecular flexibility index (Phi) is 9.30. The Morgan fingerprint density at radius 1 is 0.980 bits per heavy atom. The Balaban J connectivity index is 1.08. The molecule has 0 bridgehead atoms. The molecule has 0 spiro atoms. The molecule has 2 fully saturated rings. The van der Waals surface area contributed by atoms with Crippen LogP contribution in [0.1, 0.15) is 58.8 Å². The molecule has 0 aliphatic carbocycles. The average Bonchev–Trinajstić information content (AvgIpc) is 3.81. The van der Waals surface area contributed by atoms with Crippen LogP contribution in [0.15, 0.2) is 101 Å². The maximum atomic E-state index is 14.1. The summed E-state index contributed by atoms with van der Waals surface area (Å²) in [5, 5.41) is 3.77. The Morgan fingerprint density at radius 3 is 2.51 bits per heavy atom. The van der Waals surface area contributed by atoms with E-state index in [-0.39, 0.29) is 40.9 Å². The first kappa shape index (κ1) is 32.3. The Morgan fingerprint density at radius 2 is 1.78 bits per heavy atom. The number of nitrogens with zero attached hydrogens (tertiary/aromatic N) is 4. The highest BCUT2D eigenvalue weighted by Gasteiger charge is 2.32. The first-order chi connectivity index (χ1) is 23.8. The number of carbonyl (C=O) groups is 3. The molecule has 0 saturated carbocycles. The molecule has 4 heterocycles. The highest BCUT2D eigenvalue weighted by molar-refractivity contribution is 6.30. The van der Waals surface area contributed by atoms with Crippen LogP contribution in [0.5, 0.6) is 0 Å². The van der Waals surface area contributed by atoms with E-state index >= 15 is 0 Å². The number of piperidine rings is 1. The summed E-state index contributed by atoms with van der Waals surface area (Å²) >= 11 is 6.12. The minimum Gasteiger partial charge on any atom is -0.451 e. The second-order valence-corrected chi connectivity index (χ2v) is 13.1. The lowest BCUT2D eigenvalue weighted by Crippen LogP contribution is -2.51. The number of nitrogens with one attached hydrogen (secondary N) is 1. The van der Waals surface area contributed by atoms with Gasteiger partial charge in [0.15, 0.2) is 11.2 Å². The number of amides is 3. The van der Waals surface area contributed by atoms with E-state index in [4.69, 9.17) is 16.0 Å². The zero-order valence-electron chi connectivity index (χ0n) is 26.9. The van der Waals surface area contributed by atoms with Crippen molar-refractivity contribution in [3.63, 3.8) is 0 Å². The van der Waals surface area contributed by atoms with Crippen LogP contribution in [0, 0.1) is 0 Å². The quantitative estimate of drug-likeness (QED) is 0.220. The third-order valence-corrected chi connectivity index (χ3v) is 9.78. The van der Waals surface area contributed by atoms with Gasteiger partial charge < -0.3 is 24.1 Å². The number of hydrogen-bond donors (Lipinski definition) is 1. The van der Waals surface area contributed by atoms with E-state index in [2.05, 4.69) is 22.4 Å². The van der Waals surface area contributed by atoms with Crippen molar-refractivity contribution in [1.82, 2.24) is 24.7 Å². The lowest BCUT2D eigenvalue weighted by molar-refractivity contribution is -0.134. The van der Waals surface area contributed by atoms with Gasteiger partial charge in [0.25, 0.3) is 5.91 Å². The Bertz CT molecular complexity index is 2050. The third kappa shape index (κ3) is 7.15. The zero-order chi connectivity index (χ0) is 33.9. The number of fused-ring (bicyclic) bond motifs is 1. The van der Waals surface area contributed by atoms with Gasteiger partial charge in [-0.3, -0.25) is 19.2 Å². The van der Waals surface area contributed by atoms with E-state index in [1.807, 2.05) is 29.2 Å². The fourth-order valence-corrected chi connectivity index (χ4v) is 7.02. The molecule has 2 aliphatic rings. The van der Waals surface area contributed by atoms with E-state index in [1.54, 1.807) is 58.5 Å². The summed E-state index contributed by atoms with van der Waals surface area (Å²) in [6, 6.07) is 20.8. The fourth-order valence-electron chi connectivity index (χ4n) is 6.90. The average molecular weight is 678 g/mol. The van der Waals surface area contributed by atoms with Gasteiger partial charge in [-0.05, 0) is 72.2 Å². The number of carbonyl (C=O) groups excluding carboxylic acids is 3. The molecule has 10 nitrogen and oxygen atoms in total. The van der Waals surface area contributed by atoms with Gasteiger partial charge >= 0.3 is 0 Å². The molecule has 250 valence electrons. The van der Waals surface area contributed by atoms with E-state index in [9.17, 15) is 19.2 Å². The van der Waals surface area contributed by atoms with Crippen molar-refractivity contribution in [3.05, 3.63) is 129 Å². The van der Waals surface area contributed by atoms with Crippen LogP contribution in [-0.4, -0.2) is 62.7 Å². The molecular formula is C38H36ClN5O5. The molecule has 1 N–H and O–H groups in total. The van der Waals surface area contributed by atoms with Crippen LogP contribution in [0.2, 0.25) is 5.02 Å². The van der Waals surface area contributed by atoms with Crippen LogP contribution < -0.4 is 10.7 Å². The summed E-state index contributed by atoms with van der Waals surface area (Å²) in [4.78, 5) is 60.9. The summed E-state index contributed by atoms with van der Waals surface area (Å²) in [5.74, 6) is -0.570. The number of rotatable bonds is 9. The molecule has 3 aromatic carbocycles. The Labute approximate surface area is 288 Å². The monoisotopic (exact) mass is 677 g/mol. The van der Waals surface area contributed by atoms with Crippen LogP contribution in [0.3, 0.4) is 0 Å². The molecule has 49 heavy (non-hydrogen) atoms. The number of aromatic nitrogens is 2. The van der Waals surface area contributed by atoms with Crippen molar-refractivity contribution in [3.8, 4) is 5.69 Å². The molecule has 1 unspecified atom stereocenters. The zero-order valence-corrected chi connectivity index (χ0v) is 27.6. The normalized spacial score (nSPS) is 15.9. The predicted molar refractivity (Wildman–Crippen MR) is 186 cm³/mol. The summed E-state index contributed by atoms with van der Waals surface area (Å²) in [6.07, 6.45) is 8.31. The molecule has 2 aliphatic heterocycles. The van der Waals surface area contributed by atoms with Crippen molar-refractivity contribution in [1.29, 1.82) is 0 Å². The van der Waals surface area contributed by atoms with Crippen LogP contribution >= 0.6 is 11.6 Å². The van der Waals surface area contributed by atoms with Crippen molar-refractivity contribution in [2.75, 3.05) is 19.6 Å². The third-order valence-electron chi connectivity index (χ3n) is 9.53. The minimum atomic E-state index is -0.900. The number of benzene rings is 3.